The van der Waals surface area contributed by atoms with Gasteiger partial charge in [-0.3, -0.25) is 9.59 Å². The standard InChI is InChI=1S/C26H24FN3O3/c27-23-8-4-7-20(28-23)25(17-5-2-1-3-6-17)18-11-13-30(14-12-18)26(32)19-9-10-22-21(15-19)29-24(31)16-33-22/h1-10,15,18,25H,11-14,16H2,(H,29,31)/t25-/m0/s1. The lowest BCUT2D eigenvalue weighted by atomic mass is 9.78. The number of anilines is 1. The van der Waals surface area contributed by atoms with Crippen LogP contribution in [0.25, 0.3) is 0 Å². The van der Waals surface area contributed by atoms with Crippen molar-refractivity contribution in [3.63, 3.8) is 0 Å². The Kier molecular flexibility index (Phi) is 5.77. The van der Waals surface area contributed by atoms with Gasteiger partial charge in [-0.2, -0.15) is 4.39 Å². The third kappa shape index (κ3) is 4.44. The summed E-state index contributed by atoms with van der Waals surface area (Å²) < 4.78 is 19.3. The summed E-state index contributed by atoms with van der Waals surface area (Å²) in [5, 5.41) is 2.75. The summed E-state index contributed by atoms with van der Waals surface area (Å²) >= 11 is 0. The van der Waals surface area contributed by atoms with E-state index in [1.165, 1.54) is 6.07 Å². The van der Waals surface area contributed by atoms with Crippen molar-refractivity contribution < 1.29 is 18.7 Å². The first kappa shape index (κ1) is 21.1. The molecule has 1 fully saturated rings. The largest absolute Gasteiger partial charge is 0.482 e. The molecule has 0 unspecified atom stereocenters. The Morgan fingerprint density at radius 3 is 2.61 bits per heavy atom. The summed E-state index contributed by atoms with van der Waals surface area (Å²) in [6, 6.07) is 20.1. The lowest BCUT2D eigenvalue weighted by Crippen LogP contribution is -2.40. The predicted octanol–water partition coefficient (Wildman–Crippen LogP) is 4.24. The van der Waals surface area contributed by atoms with E-state index in [1.54, 1.807) is 24.3 Å². The van der Waals surface area contributed by atoms with Crippen molar-refractivity contribution in [1.29, 1.82) is 0 Å². The van der Waals surface area contributed by atoms with Gasteiger partial charge in [0.1, 0.15) is 5.75 Å². The molecule has 3 aromatic rings. The molecule has 2 aromatic carbocycles. The van der Waals surface area contributed by atoms with E-state index in [2.05, 4.69) is 22.4 Å². The number of aromatic nitrogens is 1. The van der Waals surface area contributed by atoms with Gasteiger partial charge in [0.25, 0.3) is 11.8 Å². The first-order valence-corrected chi connectivity index (χ1v) is 11.1. The van der Waals surface area contributed by atoms with Crippen LogP contribution in [0.2, 0.25) is 0 Å². The van der Waals surface area contributed by atoms with Crippen LogP contribution in [0, 0.1) is 11.9 Å². The number of amides is 2. The van der Waals surface area contributed by atoms with Crippen LogP contribution >= 0.6 is 0 Å². The van der Waals surface area contributed by atoms with E-state index in [4.69, 9.17) is 4.74 Å². The second-order valence-electron chi connectivity index (χ2n) is 8.45. The highest BCUT2D eigenvalue weighted by atomic mass is 19.1. The zero-order chi connectivity index (χ0) is 22.8. The average Bonchev–Trinajstić information content (AvgIpc) is 2.84. The number of carbonyl (C=O) groups excluding carboxylic acids is 2. The third-order valence-corrected chi connectivity index (χ3v) is 6.37. The zero-order valence-electron chi connectivity index (χ0n) is 18.0. The molecular formula is C26H24FN3O3. The Morgan fingerprint density at radius 1 is 1.06 bits per heavy atom. The molecule has 1 N–H and O–H groups in total. The number of halogens is 1. The molecule has 6 nitrogen and oxygen atoms in total. The maximum absolute atomic E-state index is 13.9. The van der Waals surface area contributed by atoms with Gasteiger partial charge in [0.15, 0.2) is 6.61 Å². The van der Waals surface area contributed by atoms with Crippen molar-refractivity contribution >= 4 is 17.5 Å². The Bertz CT molecular complexity index is 1180. The SMILES string of the molecule is O=C1COc2ccc(C(=O)N3CCC([C@H](c4ccccc4)c4cccc(F)n4)CC3)cc2N1. The van der Waals surface area contributed by atoms with Crippen LogP contribution in [-0.2, 0) is 4.79 Å². The number of likely N-dealkylation sites (tertiary alicyclic amines) is 1. The van der Waals surface area contributed by atoms with Gasteiger partial charge >= 0.3 is 0 Å². The van der Waals surface area contributed by atoms with Gasteiger partial charge in [-0.1, -0.05) is 36.4 Å². The summed E-state index contributed by atoms with van der Waals surface area (Å²) in [6.07, 6.45) is 1.57. The molecule has 0 spiro atoms. The van der Waals surface area contributed by atoms with Crippen molar-refractivity contribution in [2.75, 3.05) is 25.0 Å². The normalized spacial score (nSPS) is 17.0. The summed E-state index contributed by atoms with van der Waals surface area (Å²) in [5.74, 6) is -0.0121. The van der Waals surface area contributed by atoms with Crippen LogP contribution in [0.3, 0.4) is 0 Å². The Labute approximate surface area is 191 Å². The number of fused-ring (bicyclic) bond motifs is 1. The number of rotatable bonds is 4. The minimum Gasteiger partial charge on any atom is -0.482 e. The number of nitrogens with one attached hydrogen (secondary N) is 1. The first-order chi connectivity index (χ1) is 16.1. The van der Waals surface area contributed by atoms with Gasteiger partial charge in [0.05, 0.1) is 11.4 Å². The number of nitrogens with zero attached hydrogens (tertiary/aromatic N) is 2. The third-order valence-electron chi connectivity index (χ3n) is 6.37. The van der Waals surface area contributed by atoms with Crippen LogP contribution in [0.5, 0.6) is 5.75 Å². The minimum absolute atomic E-state index is 0.0173. The average molecular weight is 445 g/mol. The van der Waals surface area contributed by atoms with Crippen molar-refractivity contribution in [3.8, 4) is 5.75 Å². The van der Waals surface area contributed by atoms with Gasteiger partial charge in [0.2, 0.25) is 5.95 Å². The molecule has 0 bridgehead atoms. The monoisotopic (exact) mass is 445 g/mol. The fourth-order valence-corrected chi connectivity index (χ4v) is 4.78. The maximum Gasteiger partial charge on any atom is 0.262 e. The van der Waals surface area contributed by atoms with Crippen LogP contribution in [-0.4, -0.2) is 41.4 Å². The molecule has 1 atom stereocenters. The second kappa shape index (κ2) is 9.02. The van der Waals surface area contributed by atoms with Crippen LogP contribution in [0.1, 0.15) is 40.4 Å². The Hall–Kier alpha value is -3.74. The highest BCUT2D eigenvalue weighted by molar-refractivity contribution is 5.99. The Morgan fingerprint density at radius 2 is 1.85 bits per heavy atom. The van der Waals surface area contributed by atoms with Crippen molar-refractivity contribution in [2.24, 2.45) is 5.92 Å². The molecular weight excluding hydrogens is 421 g/mol. The number of hydrogen-bond donors (Lipinski definition) is 1. The Balaban J connectivity index is 1.32. The summed E-state index contributed by atoms with van der Waals surface area (Å²) in [4.78, 5) is 30.8. The highest BCUT2D eigenvalue weighted by Crippen LogP contribution is 2.38. The topological polar surface area (TPSA) is 71.5 Å². The minimum atomic E-state index is -0.482. The van der Waals surface area contributed by atoms with Gasteiger partial charge in [0, 0.05) is 24.6 Å². The molecule has 0 saturated carbocycles. The quantitative estimate of drug-likeness (QED) is 0.610. The molecule has 1 aromatic heterocycles. The van der Waals surface area contributed by atoms with Gasteiger partial charge in [-0.15, -0.1) is 0 Å². The molecule has 5 rings (SSSR count). The predicted molar refractivity (Wildman–Crippen MR) is 122 cm³/mol. The number of hydrogen-bond acceptors (Lipinski definition) is 4. The van der Waals surface area contributed by atoms with Crippen molar-refractivity contribution in [2.45, 2.75) is 18.8 Å². The van der Waals surface area contributed by atoms with E-state index in [0.29, 0.717) is 30.1 Å². The summed E-state index contributed by atoms with van der Waals surface area (Å²) in [5.41, 5.74) is 2.86. The summed E-state index contributed by atoms with van der Waals surface area (Å²) in [6.45, 7) is 1.18. The first-order valence-electron chi connectivity index (χ1n) is 11.1. The van der Waals surface area contributed by atoms with Crippen LogP contribution < -0.4 is 10.1 Å². The fraction of sp³-hybridized carbons (Fsp3) is 0.269. The lowest BCUT2D eigenvalue weighted by molar-refractivity contribution is -0.118. The molecule has 0 radical (unpaired) electrons. The molecule has 7 heteroatoms. The van der Waals surface area contributed by atoms with E-state index in [0.717, 1.165) is 24.1 Å². The van der Waals surface area contributed by atoms with E-state index in [-0.39, 0.29) is 30.3 Å². The van der Waals surface area contributed by atoms with E-state index >= 15 is 0 Å². The van der Waals surface area contributed by atoms with Crippen molar-refractivity contribution in [1.82, 2.24) is 9.88 Å². The van der Waals surface area contributed by atoms with Gasteiger partial charge in [-0.05, 0) is 54.7 Å². The van der Waals surface area contributed by atoms with E-state index in [1.807, 2.05) is 29.2 Å². The number of carbonyl (C=O) groups is 2. The molecule has 2 aliphatic rings. The van der Waals surface area contributed by atoms with E-state index < -0.39 is 5.95 Å². The van der Waals surface area contributed by atoms with Gasteiger partial charge < -0.3 is 15.0 Å². The van der Waals surface area contributed by atoms with Crippen molar-refractivity contribution in [3.05, 3.63) is 89.5 Å². The smallest absolute Gasteiger partial charge is 0.262 e. The molecule has 168 valence electrons. The molecule has 0 aliphatic carbocycles. The molecule has 2 amide bonds. The number of piperidine rings is 1. The molecule has 33 heavy (non-hydrogen) atoms. The maximum atomic E-state index is 13.9. The summed E-state index contributed by atoms with van der Waals surface area (Å²) in [7, 11) is 0. The second-order valence-corrected chi connectivity index (χ2v) is 8.45. The zero-order valence-corrected chi connectivity index (χ0v) is 18.0. The highest BCUT2D eigenvalue weighted by Gasteiger charge is 2.32. The molecule has 1 saturated heterocycles. The van der Waals surface area contributed by atoms with E-state index in [9.17, 15) is 14.0 Å². The van der Waals surface area contributed by atoms with Gasteiger partial charge in [-0.25, -0.2) is 4.98 Å². The van der Waals surface area contributed by atoms with Crippen LogP contribution in [0.15, 0.2) is 66.7 Å². The number of pyridine rings is 1. The number of benzene rings is 2. The molecule has 3 heterocycles. The molecule has 2 aliphatic heterocycles. The number of ether oxygens (including phenoxy) is 1. The lowest BCUT2D eigenvalue weighted by Gasteiger charge is -2.36. The van der Waals surface area contributed by atoms with Crippen LogP contribution in [0.4, 0.5) is 10.1 Å². The fourth-order valence-electron chi connectivity index (χ4n) is 4.78.